The van der Waals surface area contributed by atoms with Crippen LogP contribution in [0.15, 0.2) is 101 Å². The molecule has 6 nitrogen and oxygen atoms in total. The molecule has 3 heterocycles. The van der Waals surface area contributed by atoms with E-state index in [2.05, 4.69) is 47.1 Å². The van der Waals surface area contributed by atoms with Crippen LogP contribution in [0.5, 0.6) is 5.75 Å². The number of hydrogen-bond acceptors (Lipinski definition) is 5. The second-order valence-electron chi connectivity index (χ2n) is 10.9. The number of carbonyl (C=O) groups excluding carboxylic acids is 1. The highest BCUT2D eigenvalue weighted by Gasteiger charge is 2.29. The molecule has 0 saturated carbocycles. The molecule has 0 atom stereocenters. The number of likely N-dealkylation sites (tertiary alicyclic amines) is 1. The van der Waals surface area contributed by atoms with Gasteiger partial charge in [-0.15, -0.1) is 0 Å². The molecule has 6 rings (SSSR count). The molecular weight excluding hydrogens is 540 g/mol. The lowest BCUT2D eigenvalue weighted by molar-refractivity contribution is -0.113. The molecular formula is C35H36N4O2S. The van der Waals surface area contributed by atoms with E-state index in [4.69, 9.17) is 9.84 Å². The van der Waals surface area contributed by atoms with E-state index in [-0.39, 0.29) is 5.91 Å². The largest absolute Gasteiger partial charge is 0.494 e. The molecule has 0 bridgehead atoms. The van der Waals surface area contributed by atoms with Crippen molar-refractivity contribution in [3.63, 3.8) is 0 Å². The molecule has 7 heteroatoms. The maximum Gasteiger partial charge on any atom is 0.286 e. The molecule has 1 aromatic heterocycles. The van der Waals surface area contributed by atoms with Gasteiger partial charge in [-0.2, -0.15) is 10.1 Å². The average molecular weight is 577 g/mol. The van der Waals surface area contributed by atoms with Crippen molar-refractivity contribution in [2.75, 3.05) is 19.7 Å². The Labute approximate surface area is 252 Å². The van der Waals surface area contributed by atoms with E-state index in [9.17, 15) is 4.79 Å². The maximum atomic E-state index is 13.1. The number of carbonyl (C=O) groups is 1. The lowest BCUT2D eigenvalue weighted by Gasteiger charge is -2.32. The van der Waals surface area contributed by atoms with E-state index in [0.717, 1.165) is 78.6 Å². The zero-order valence-corrected chi connectivity index (χ0v) is 24.8. The van der Waals surface area contributed by atoms with Gasteiger partial charge >= 0.3 is 0 Å². The summed E-state index contributed by atoms with van der Waals surface area (Å²) in [5.74, 6) is 1.30. The molecule has 0 radical (unpaired) electrons. The number of amidine groups is 1. The molecule has 0 N–H and O–H groups in total. The highest BCUT2D eigenvalue weighted by atomic mass is 32.2. The summed E-state index contributed by atoms with van der Waals surface area (Å²) in [6, 6.07) is 28.8. The van der Waals surface area contributed by atoms with E-state index in [1.165, 1.54) is 17.3 Å². The zero-order valence-electron chi connectivity index (χ0n) is 24.0. The molecule has 0 unspecified atom stereocenters. The van der Waals surface area contributed by atoms with Crippen LogP contribution < -0.4 is 4.74 Å². The van der Waals surface area contributed by atoms with Gasteiger partial charge in [0.15, 0.2) is 5.17 Å². The van der Waals surface area contributed by atoms with Crippen molar-refractivity contribution in [1.29, 1.82) is 0 Å². The van der Waals surface area contributed by atoms with Crippen molar-refractivity contribution in [3.05, 3.63) is 107 Å². The van der Waals surface area contributed by atoms with Crippen molar-refractivity contribution >= 4 is 28.9 Å². The number of nitrogens with zero attached hydrogens (tertiary/aromatic N) is 4. The number of hydrogen-bond donors (Lipinski definition) is 0. The van der Waals surface area contributed by atoms with Gasteiger partial charge in [0, 0.05) is 30.4 Å². The first-order chi connectivity index (χ1) is 20.7. The Morgan fingerprint density at radius 2 is 1.74 bits per heavy atom. The smallest absolute Gasteiger partial charge is 0.286 e. The molecule has 2 aliphatic rings. The number of rotatable bonds is 9. The van der Waals surface area contributed by atoms with Gasteiger partial charge in [-0.25, -0.2) is 4.68 Å². The van der Waals surface area contributed by atoms with Gasteiger partial charge in [-0.05, 0) is 79.3 Å². The quantitative estimate of drug-likeness (QED) is 0.151. The minimum Gasteiger partial charge on any atom is -0.494 e. The van der Waals surface area contributed by atoms with Gasteiger partial charge in [0.05, 0.1) is 17.2 Å². The Bertz CT molecular complexity index is 1570. The molecule has 42 heavy (non-hydrogen) atoms. The Balaban J connectivity index is 1.20. The number of ether oxygens (including phenoxy) is 1. The standard InChI is InChI=1S/C35H36N4O2S/c1-2-3-21-41-31-16-10-13-28(23-31)33-29(25-39(37-33)30-14-8-5-9-15-30)24-32-34(40)36-35(42-32)38-19-17-27(18-20-38)22-26-11-6-4-7-12-26/h4-16,23-25,27H,2-3,17-22H2,1H3. The van der Waals surface area contributed by atoms with E-state index in [0.29, 0.717) is 17.4 Å². The van der Waals surface area contributed by atoms with Crippen molar-refractivity contribution in [1.82, 2.24) is 14.7 Å². The maximum absolute atomic E-state index is 13.1. The summed E-state index contributed by atoms with van der Waals surface area (Å²) in [4.78, 5) is 20.5. The van der Waals surface area contributed by atoms with Crippen LogP contribution in [-0.4, -0.2) is 45.5 Å². The Morgan fingerprint density at radius 3 is 2.50 bits per heavy atom. The summed E-state index contributed by atoms with van der Waals surface area (Å²) >= 11 is 1.48. The Morgan fingerprint density at radius 1 is 0.976 bits per heavy atom. The molecule has 1 fully saturated rings. The molecule has 0 aliphatic carbocycles. The molecule has 2 aliphatic heterocycles. The van der Waals surface area contributed by atoms with Crippen molar-refractivity contribution in [2.45, 2.75) is 39.0 Å². The topological polar surface area (TPSA) is 59.7 Å². The second kappa shape index (κ2) is 13.3. The number of para-hydroxylation sites is 1. The minimum atomic E-state index is -0.184. The number of aliphatic imine (C=N–C) groups is 1. The van der Waals surface area contributed by atoms with E-state index < -0.39 is 0 Å². The lowest BCUT2D eigenvalue weighted by Crippen LogP contribution is -2.37. The fourth-order valence-electron chi connectivity index (χ4n) is 5.45. The second-order valence-corrected chi connectivity index (χ2v) is 11.9. The summed E-state index contributed by atoms with van der Waals surface area (Å²) in [5, 5.41) is 5.77. The van der Waals surface area contributed by atoms with Crippen LogP contribution in [0.25, 0.3) is 23.0 Å². The van der Waals surface area contributed by atoms with Gasteiger partial charge < -0.3 is 9.64 Å². The van der Waals surface area contributed by atoms with Crippen LogP contribution in [0.4, 0.5) is 0 Å². The highest BCUT2D eigenvalue weighted by molar-refractivity contribution is 8.18. The summed E-state index contributed by atoms with van der Waals surface area (Å²) in [5.41, 5.74) is 4.98. The predicted octanol–water partition coefficient (Wildman–Crippen LogP) is 7.64. The van der Waals surface area contributed by atoms with Gasteiger partial charge in [-0.1, -0.05) is 74.0 Å². The zero-order chi connectivity index (χ0) is 28.7. The third-order valence-corrected chi connectivity index (χ3v) is 8.83. The Hall–Kier alpha value is -4.10. The number of unbranched alkanes of at least 4 members (excludes halogenated alkanes) is 1. The van der Waals surface area contributed by atoms with E-state index in [1.54, 1.807) is 0 Å². The SMILES string of the molecule is CCCCOc1cccc(-c2nn(-c3ccccc3)cc2C=C2SC(N3CCC(Cc4ccccc4)CC3)=NC2=O)c1. The number of thioether (sulfide) groups is 1. The fraction of sp³-hybridized carbons (Fsp3) is 0.286. The molecule has 1 amide bonds. The molecule has 1 saturated heterocycles. The minimum absolute atomic E-state index is 0.184. The number of aromatic nitrogens is 2. The van der Waals surface area contributed by atoms with Crippen molar-refractivity contribution in [2.24, 2.45) is 10.9 Å². The molecule has 214 valence electrons. The average Bonchev–Trinajstić information content (AvgIpc) is 3.62. The third-order valence-electron chi connectivity index (χ3n) is 7.79. The molecule has 0 spiro atoms. The van der Waals surface area contributed by atoms with Crippen LogP contribution in [0.3, 0.4) is 0 Å². The van der Waals surface area contributed by atoms with Crippen LogP contribution in [0, 0.1) is 5.92 Å². The van der Waals surface area contributed by atoms with E-state index in [1.807, 2.05) is 71.6 Å². The Kier molecular flexibility index (Phi) is 8.85. The summed E-state index contributed by atoms with van der Waals surface area (Å²) in [6.07, 6.45) is 9.34. The number of amides is 1. The van der Waals surface area contributed by atoms with E-state index >= 15 is 0 Å². The highest BCUT2D eigenvalue weighted by Crippen LogP contribution is 2.35. The first-order valence-electron chi connectivity index (χ1n) is 14.9. The van der Waals surface area contributed by atoms with Crippen LogP contribution >= 0.6 is 11.8 Å². The first-order valence-corrected chi connectivity index (χ1v) is 15.7. The third kappa shape index (κ3) is 6.68. The van der Waals surface area contributed by atoms with Crippen LogP contribution in [-0.2, 0) is 11.2 Å². The van der Waals surface area contributed by atoms with Crippen molar-refractivity contribution < 1.29 is 9.53 Å². The molecule has 3 aromatic carbocycles. The van der Waals surface area contributed by atoms with Crippen molar-refractivity contribution in [3.8, 4) is 22.7 Å². The van der Waals surface area contributed by atoms with Crippen LogP contribution in [0.1, 0.15) is 43.7 Å². The number of piperidine rings is 1. The van der Waals surface area contributed by atoms with Gasteiger partial charge in [0.2, 0.25) is 0 Å². The lowest BCUT2D eigenvalue weighted by atomic mass is 9.90. The molecule has 4 aromatic rings. The summed E-state index contributed by atoms with van der Waals surface area (Å²) < 4.78 is 7.85. The fourth-order valence-corrected chi connectivity index (χ4v) is 6.40. The summed E-state index contributed by atoms with van der Waals surface area (Å²) in [7, 11) is 0. The van der Waals surface area contributed by atoms with Gasteiger partial charge in [0.1, 0.15) is 11.4 Å². The number of benzene rings is 3. The van der Waals surface area contributed by atoms with Gasteiger partial charge in [0.25, 0.3) is 5.91 Å². The van der Waals surface area contributed by atoms with Gasteiger partial charge in [-0.3, -0.25) is 4.79 Å². The predicted molar refractivity (Wildman–Crippen MR) is 172 cm³/mol. The normalized spacial score (nSPS) is 16.7. The first kappa shape index (κ1) is 28.0. The summed E-state index contributed by atoms with van der Waals surface area (Å²) in [6.45, 7) is 4.68. The monoisotopic (exact) mass is 576 g/mol. The van der Waals surface area contributed by atoms with Crippen LogP contribution in [0.2, 0.25) is 0 Å².